The molecular formula is C20H39N. The number of nitrogens with two attached hydrogens (primary N) is 1. The highest BCUT2D eigenvalue weighted by Gasteiger charge is 2.55. The SMILES string of the molecule is CCCC(C)(C)C1CCC2(CC)C(CCN)CCC2C1C. The number of hydrogen-bond acceptors (Lipinski definition) is 1. The van der Waals surface area contributed by atoms with Crippen molar-refractivity contribution in [2.24, 2.45) is 40.2 Å². The minimum absolute atomic E-state index is 0.528. The molecule has 0 saturated heterocycles. The van der Waals surface area contributed by atoms with Crippen molar-refractivity contribution in [2.45, 2.75) is 86.0 Å². The van der Waals surface area contributed by atoms with E-state index in [9.17, 15) is 0 Å². The van der Waals surface area contributed by atoms with Crippen molar-refractivity contribution in [1.29, 1.82) is 0 Å². The molecule has 0 aliphatic heterocycles. The number of fused-ring (bicyclic) bond motifs is 1. The van der Waals surface area contributed by atoms with Crippen molar-refractivity contribution in [3.63, 3.8) is 0 Å². The van der Waals surface area contributed by atoms with Crippen LogP contribution in [0.4, 0.5) is 0 Å². The van der Waals surface area contributed by atoms with E-state index in [0.717, 1.165) is 30.2 Å². The van der Waals surface area contributed by atoms with Gasteiger partial charge in [0.05, 0.1) is 0 Å². The van der Waals surface area contributed by atoms with Crippen LogP contribution in [-0.4, -0.2) is 6.54 Å². The van der Waals surface area contributed by atoms with Gasteiger partial charge in [0.2, 0.25) is 0 Å². The Labute approximate surface area is 133 Å². The first-order chi connectivity index (χ1) is 9.93. The standard InChI is InChI=1S/C20H39N/c1-6-12-19(4,5)17-10-13-20(7-2)16(11-14-21)8-9-18(20)15(17)3/h15-18H,6-14,21H2,1-5H3. The van der Waals surface area contributed by atoms with Gasteiger partial charge >= 0.3 is 0 Å². The Morgan fingerprint density at radius 1 is 1.14 bits per heavy atom. The van der Waals surface area contributed by atoms with Crippen LogP contribution < -0.4 is 5.73 Å². The van der Waals surface area contributed by atoms with E-state index in [1.807, 2.05) is 0 Å². The minimum atomic E-state index is 0.528. The average Bonchev–Trinajstić information content (AvgIpc) is 2.79. The van der Waals surface area contributed by atoms with Crippen LogP contribution in [0.5, 0.6) is 0 Å². The molecule has 5 atom stereocenters. The zero-order valence-electron chi connectivity index (χ0n) is 15.3. The molecule has 124 valence electrons. The highest BCUT2D eigenvalue weighted by Crippen LogP contribution is 2.63. The summed E-state index contributed by atoms with van der Waals surface area (Å²) in [6.07, 6.45) is 11.2. The van der Waals surface area contributed by atoms with Crippen LogP contribution in [0.25, 0.3) is 0 Å². The van der Waals surface area contributed by atoms with E-state index in [2.05, 4.69) is 34.6 Å². The van der Waals surface area contributed by atoms with Gasteiger partial charge in [0, 0.05) is 0 Å². The van der Waals surface area contributed by atoms with Crippen LogP contribution in [0.2, 0.25) is 0 Å². The van der Waals surface area contributed by atoms with Crippen LogP contribution in [0, 0.1) is 34.5 Å². The molecule has 0 bridgehead atoms. The summed E-state index contributed by atoms with van der Waals surface area (Å²) in [6.45, 7) is 13.3. The van der Waals surface area contributed by atoms with E-state index in [1.165, 1.54) is 51.4 Å². The molecule has 2 fully saturated rings. The Morgan fingerprint density at radius 2 is 1.86 bits per heavy atom. The third-order valence-electron chi connectivity index (χ3n) is 7.64. The average molecular weight is 294 g/mol. The molecular weight excluding hydrogens is 254 g/mol. The monoisotopic (exact) mass is 293 g/mol. The molecule has 2 N–H and O–H groups in total. The molecule has 21 heavy (non-hydrogen) atoms. The summed E-state index contributed by atoms with van der Waals surface area (Å²) < 4.78 is 0. The summed E-state index contributed by atoms with van der Waals surface area (Å²) in [5, 5.41) is 0. The Hall–Kier alpha value is -0.0400. The van der Waals surface area contributed by atoms with Crippen LogP contribution in [0.1, 0.15) is 86.0 Å². The Kier molecular flexibility index (Phi) is 5.45. The van der Waals surface area contributed by atoms with Gasteiger partial charge in [-0.25, -0.2) is 0 Å². The Balaban J connectivity index is 2.19. The summed E-state index contributed by atoms with van der Waals surface area (Å²) in [5.41, 5.74) is 7.08. The molecule has 0 heterocycles. The van der Waals surface area contributed by atoms with Gasteiger partial charge in [0.15, 0.2) is 0 Å². The maximum atomic E-state index is 5.91. The minimum Gasteiger partial charge on any atom is -0.330 e. The van der Waals surface area contributed by atoms with Crippen LogP contribution in [0.3, 0.4) is 0 Å². The fraction of sp³-hybridized carbons (Fsp3) is 1.00. The van der Waals surface area contributed by atoms with Crippen molar-refractivity contribution in [3.05, 3.63) is 0 Å². The smallest absolute Gasteiger partial charge is 0.00744 e. The van der Waals surface area contributed by atoms with Crippen LogP contribution in [0.15, 0.2) is 0 Å². The van der Waals surface area contributed by atoms with E-state index in [-0.39, 0.29) is 0 Å². The van der Waals surface area contributed by atoms with Crippen LogP contribution in [-0.2, 0) is 0 Å². The Morgan fingerprint density at radius 3 is 2.43 bits per heavy atom. The van der Waals surface area contributed by atoms with Gasteiger partial charge in [-0.3, -0.25) is 0 Å². The second-order valence-corrected chi connectivity index (χ2v) is 8.79. The van der Waals surface area contributed by atoms with E-state index in [1.54, 1.807) is 0 Å². The largest absolute Gasteiger partial charge is 0.330 e. The Bertz CT molecular complexity index is 335. The quantitative estimate of drug-likeness (QED) is 0.674. The van der Waals surface area contributed by atoms with Gasteiger partial charge in [-0.1, -0.05) is 41.0 Å². The fourth-order valence-corrected chi connectivity index (χ4v) is 6.69. The normalized spacial score (nSPS) is 40.3. The van der Waals surface area contributed by atoms with E-state index in [0.29, 0.717) is 10.8 Å². The lowest BCUT2D eigenvalue weighted by molar-refractivity contribution is -0.0422. The van der Waals surface area contributed by atoms with E-state index in [4.69, 9.17) is 5.73 Å². The molecule has 2 aliphatic carbocycles. The first-order valence-corrected chi connectivity index (χ1v) is 9.63. The molecule has 1 heteroatoms. The highest BCUT2D eigenvalue weighted by molar-refractivity contribution is 5.04. The molecule has 0 spiro atoms. The van der Waals surface area contributed by atoms with Crippen molar-refractivity contribution in [2.75, 3.05) is 6.54 Å². The lowest BCUT2D eigenvalue weighted by Crippen LogP contribution is -2.46. The fourth-order valence-electron chi connectivity index (χ4n) is 6.69. The van der Waals surface area contributed by atoms with Gasteiger partial charge in [0.1, 0.15) is 0 Å². The van der Waals surface area contributed by atoms with E-state index < -0.39 is 0 Å². The van der Waals surface area contributed by atoms with Gasteiger partial charge < -0.3 is 5.73 Å². The second-order valence-electron chi connectivity index (χ2n) is 8.79. The van der Waals surface area contributed by atoms with Gasteiger partial charge in [-0.2, -0.15) is 0 Å². The van der Waals surface area contributed by atoms with Crippen molar-refractivity contribution in [3.8, 4) is 0 Å². The zero-order valence-corrected chi connectivity index (χ0v) is 15.3. The second kappa shape index (κ2) is 6.60. The summed E-state index contributed by atoms with van der Waals surface area (Å²) in [6, 6.07) is 0. The molecule has 0 radical (unpaired) electrons. The van der Waals surface area contributed by atoms with Gasteiger partial charge in [-0.05, 0) is 86.0 Å². The lowest BCUT2D eigenvalue weighted by atomic mass is 9.52. The first-order valence-electron chi connectivity index (χ1n) is 9.63. The molecule has 5 unspecified atom stereocenters. The molecule has 2 saturated carbocycles. The van der Waals surface area contributed by atoms with Gasteiger partial charge in [0.25, 0.3) is 0 Å². The summed E-state index contributed by atoms with van der Waals surface area (Å²) >= 11 is 0. The molecule has 0 aromatic rings. The third kappa shape index (κ3) is 2.92. The molecule has 0 aromatic heterocycles. The summed E-state index contributed by atoms with van der Waals surface area (Å²) in [5.74, 6) is 3.71. The first kappa shape index (κ1) is 17.3. The van der Waals surface area contributed by atoms with Crippen molar-refractivity contribution >= 4 is 0 Å². The zero-order chi connectivity index (χ0) is 15.7. The topological polar surface area (TPSA) is 26.0 Å². The number of hydrogen-bond donors (Lipinski definition) is 1. The lowest BCUT2D eigenvalue weighted by Gasteiger charge is -2.53. The van der Waals surface area contributed by atoms with E-state index >= 15 is 0 Å². The maximum Gasteiger partial charge on any atom is -0.00744 e. The molecule has 1 nitrogen and oxygen atoms in total. The van der Waals surface area contributed by atoms with Crippen molar-refractivity contribution in [1.82, 2.24) is 0 Å². The van der Waals surface area contributed by atoms with Crippen LogP contribution >= 0.6 is 0 Å². The molecule has 2 rings (SSSR count). The predicted molar refractivity (Wildman–Crippen MR) is 93.2 cm³/mol. The predicted octanol–water partition coefficient (Wildman–Crippen LogP) is 5.63. The number of rotatable bonds is 6. The molecule has 0 amide bonds. The van der Waals surface area contributed by atoms with Crippen molar-refractivity contribution < 1.29 is 0 Å². The molecule has 2 aliphatic rings. The summed E-state index contributed by atoms with van der Waals surface area (Å²) in [4.78, 5) is 0. The molecule has 0 aromatic carbocycles. The third-order valence-corrected chi connectivity index (χ3v) is 7.64. The highest BCUT2D eigenvalue weighted by atomic mass is 14.6. The maximum absolute atomic E-state index is 5.91. The summed E-state index contributed by atoms with van der Waals surface area (Å²) in [7, 11) is 0. The van der Waals surface area contributed by atoms with Gasteiger partial charge in [-0.15, -0.1) is 0 Å².